The molecule has 1 unspecified atom stereocenters. The maximum absolute atomic E-state index is 10.8. The molecule has 1 amide bonds. The molecule has 0 heterocycles. The van der Waals surface area contributed by atoms with E-state index in [2.05, 4.69) is 0 Å². The van der Waals surface area contributed by atoms with E-state index in [9.17, 15) is 19.7 Å². The molecule has 0 bridgehead atoms. The summed E-state index contributed by atoms with van der Waals surface area (Å²) in [6, 6.07) is 3.82. The first-order chi connectivity index (χ1) is 8.43. The molecule has 0 aromatic heterocycles. The predicted octanol–water partition coefficient (Wildman–Crippen LogP) is 1.05. The Morgan fingerprint density at radius 3 is 2.78 bits per heavy atom. The van der Waals surface area contributed by atoms with Crippen LogP contribution < -0.4 is 10.5 Å². The summed E-state index contributed by atoms with van der Waals surface area (Å²) < 4.78 is 5.26. The SMILES string of the molecule is CC(CC(N)=O)Oc1ccc(C=O)cc1[N+](=O)[O-]. The van der Waals surface area contributed by atoms with Gasteiger partial charge < -0.3 is 10.5 Å². The van der Waals surface area contributed by atoms with Gasteiger partial charge in [-0.1, -0.05) is 0 Å². The summed E-state index contributed by atoms with van der Waals surface area (Å²) in [7, 11) is 0. The van der Waals surface area contributed by atoms with Crippen LogP contribution in [0.4, 0.5) is 5.69 Å². The second kappa shape index (κ2) is 5.76. The summed E-state index contributed by atoms with van der Waals surface area (Å²) in [6.07, 6.45) is -0.126. The standard InChI is InChI=1S/C11H12N2O5/c1-7(4-11(12)15)18-10-3-2-8(6-14)5-9(10)13(16)17/h2-3,5-7H,4H2,1H3,(H2,12,15). The molecule has 0 saturated heterocycles. The van der Waals surface area contributed by atoms with Crippen LogP contribution in [0, 0.1) is 10.1 Å². The molecule has 0 fully saturated rings. The van der Waals surface area contributed by atoms with Gasteiger partial charge in [-0.05, 0) is 19.1 Å². The van der Waals surface area contributed by atoms with Crippen molar-refractivity contribution in [3.63, 3.8) is 0 Å². The molecule has 0 aliphatic heterocycles. The van der Waals surface area contributed by atoms with Gasteiger partial charge in [0.15, 0.2) is 5.75 Å². The van der Waals surface area contributed by atoms with E-state index < -0.39 is 16.9 Å². The van der Waals surface area contributed by atoms with Gasteiger partial charge in [0.2, 0.25) is 5.91 Å². The minimum absolute atomic E-state index is 0.000602. The van der Waals surface area contributed by atoms with Gasteiger partial charge in [0, 0.05) is 11.6 Å². The monoisotopic (exact) mass is 252 g/mol. The average molecular weight is 252 g/mol. The number of hydrogen-bond donors (Lipinski definition) is 1. The molecule has 0 aliphatic carbocycles. The molecular formula is C11H12N2O5. The van der Waals surface area contributed by atoms with Crippen LogP contribution in [0.5, 0.6) is 5.75 Å². The topological polar surface area (TPSA) is 113 Å². The quantitative estimate of drug-likeness (QED) is 0.462. The largest absolute Gasteiger partial charge is 0.483 e. The van der Waals surface area contributed by atoms with E-state index in [0.717, 1.165) is 6.07 Å². The first-order valence-corrected chi connectivity index (χ1v) is 5.12. The van der Waals surface area contributed by atoms with Crippen LogP contribution in [0.1, 0.15) is 23.7 Å². The number of carbonyl (C=O) groups excluding carboxylic acids is 2. The Labute approximate surface area is 103 Å². The van der Waals surface area contributed by atoms with Crippen molar-refractivity contribution in [2.75, 3.05) is 0 Å². The lowest BCUT2D eigenvalue weighted by molar-refractivity contribution is -0.386. The Bertz CT molecular complexity index is 486. The van der Waals surface area contributed by atoms with E-state index in [1.807, 2.05) is 0 Å². The van der Waals surface area contributed by atoms with Gasteiger partial charge in [-0.2, -0.15) is 0 Å². The zero-order valence-electron chi connectivity index (χ0n) is 9.66. The number of nitrogens with two attached hydrogens (primary N) is 1. The third kappa shape index (κ3) is 3.55. The number of ether oxygens (including phenoxy) is 1. The number of hydrogen-bond acceptors (Lipinski definition) is 5. The van der Waals surface area contributed by atoms with Crippen molar-refractivity contribution >= 4 is 17.9 Å². The van der Waals surface area contributed by atoms with E-state index in [0.29, 0.717) is 6.29 Å². The van der Waals surface area contributed by atoms with Gasteiger partial charge in [0.1, 0.15) is 12.4 Å². The molecule has 0 radical (unpaired) electrons. The van der Waals surface area contributed by atoms with Gasteiger partial charge in [0.05, 0.1) is 11.3 Å². The fourth-order valence-corrected chi connectivity index (χ4v) is 1.39. The molecule has 0 spiro atoms. The molecule has 7 heteroatoms. The fraction of sp³-hybridized carbons (Fsp3) is 0.273. The Morgan fingerprint density at radius 2 is 2.28 bits per heavy atom. The molecule has 0 aliphatic rings. The van der Waals surface area contributed by atoms with Crippen molar-refractivity contribution in [2.24, 2.45) is 5.73 Å². The van der Waals surface area contributed by atoms with Gasteiger partial charge in [-0.15, -0.1) is 0 Å². The van der Waals surface area contributed by atoms with Gasteiger partial charge >= 0.3 is 5.69 Å². The zero-order chi connectivity index (χ0) is 13.7. The zero-order valence-corrected chi connectivity index (χ0v) is 9.66. The van der Waals surface area contributed by atoms with Gasteiger partial charge in [0.25, 0.3) is 0 Å². The van der Waals surface area contributed by atoms with Crippen molar-refractivity contribution in [3.05, 3.63) is 33.9 Å². The number of nitro groups is 1. The highest BCUT2D eigenvalue weighted by molar-refractivity contribution is 5.77. The van der Waals surface area contributed by atoms with Crippen LogP contribution in [-0.4, -0.2) is 23.2 Å². The highest BCUT2D eigenvalue weighted by Crippen LogP contribution is 2.28. The molecule has 96 valence electrons. The van der Waals surface area contributed by atoms with Crippen LogP contribution in [-0.2, 0) is 4.79 Å². The smallest absolute Gasteiger partial charge is 0.311 e. The number of amides is 1. The summed E-state index contributed by atoms with van der Waals surface area (Å²) in [5.41, 5.74) is 4.85. The molecule has 1 rings (SSSR count). The highest BCUT2D eigenvalue weighted by Gasteiger charge is 2.18. The first-order valence-electron chi connectivity index (χ1n) is 5.12. The number of benzene rings is 1. The van der Waals surface area contributed by atoms with E-state index >= 15 is 0 Å². The average Bonchev–Trinajstić information content (AvgIpc) is 2.28. The van der Waals surface area contributed by atoms with Gasteiger partial charge in [-0.25, -0.2) is 0 Å². The summed E-state index contributed by atoms with van der Waals surface area (Å²) >= 11 is 0. The molecule has 18 heavy (non-hydrogen) atoms. The molecule has 1 aromatic rings. The number of primary amides is 1. The minimum atomic E-state index is -0.653. The summed E-state index contributed by atoms with van der Waals surface area (Å²) in [5, 5.41) is 10.8. The number of rotatable bonds is 6. The summed E-state index contributed by atoms with van der Waals surface area (Å²) in [6.45, 7) is 1.57. The molecule has 1 atom stereocenters. The van der Waals surface area contributed by atoms with Crippen LogP contribution in [0.25, 0.3) is 0 Å². The molecule has 2 N–H and O–H groups in total. The van der Waals surface area contributed by atoms with Crippen molar-refractivity contribution in [1.82, 2.24) is 0 Å². The number of carbonyl (C=O) groups is 2. The van der Waals surface area contributed by atoms with Crippen LogP contribution in [0.15, 0.2) is 18.2 Å². The Hall–Kier alpha value is -2.44. The Kier molecular flexibility index (Phi) is 4.36. The predicted molar refractivity (Wildman–Crippen MR) is 62.4 cm³/mol. The highest BCUT2D eigenvalue weighted by atomic mass is 16.6. The number of aldehydes is 1. The van der Waals surface area contributed by atoms with Crippen molar-refractivity contribution in [1.29, 1.82) is 0 Å². The third-order valence-electron chi connectivity index (χ3n) is 2.13. The lowest BCUT2D eigenvalue weighted by atomic mass is 10.2. The second-order valence-electron chi connectivity index (χ2n) is 3.70. The van der Waals surface area contributed by atoms with E-state index in [-0.39, 0.29) is 23.4 Å². The van der Waals surface area contributed by atoms with Gasteiger partial charge in [-0.3, -0.25) is 19.7 Å². The third-order valence-corrected chi connectivity index (χ3v) is 2.13. The number of nitrogens with zero attached hydrogens (tertiary/aromatic N) is 1. The normalized spacial score (nSPS) is 11.6. The summed E-state index contributed by atoms with van der Waals surface area (Å²) in [5.74, 6) is -0.561. The minimum Gasteiger partial charge on any atom is -0.483 e. The van der Waals surface area contributed by atoms with E-state index in [1.54, 1.807) is 6.92 Å². The Balaban J connectivity index is 2.97. The fourth-order valence-electron chi connectivity index (χ4n) is 1.39. The molecule has 1 aromatic carbocycles. The van der Waals surface area contributed by atoms with Crippen molar-refractivity contribution in [2.45, 2.75) is 19.4 Å². The summed E-state index contributed by atoms with van der Waals surface area (Å²) in [4.78, 5) is 31.4. The molecule has 0 saturated carbocycles. The van der Waals surface area contributed by atoms with Crippen molar-refractivity contribution in [3.8, 4) is 5.75 Å². The molecular weight excluding hydrogens is 240 g/mol. The first kappa shape index (κ1) is 13.6. The maximum Gasteiger partial charge on any atom is 0.311 e. The van der Waals surface area contributed by atoms with Crippen molar-refractivity contribution < 1.29 is 19.2 Å². The maximum atomic E-state index is 10.8. The lowest BCUT2D eigenvalue weighted by Gasteiger charge is -2.13. The van der Waals surface area contributed by atoms with Crippen LogP contribution >= 0.6 is 0 Å². The lowest BCUT2D eigenvalue weighted by Crippen LogP contribution is -2.22. The van der Waals surface area contributed by atoms with Crippen LogP contribution in [0.3, 0.4) is 0 Å². The van der Waals surface area contributed by atoms with Crippen LogP contribution in [0.2, 0.25) is 0 Å². The Morgan fingerprint density at radius 1 is 1.61 bits per heavy atom. The van der Waals surface area contributed by atoms with E-state index in [1.165, 1.54) is 12.1 Å². The number of nitro benzene ring substituents is 1. The van der Waals surface area contributed by atoms with E-state index in [4.69, 9.17) is 10.5 Å². The molecule has 7 nitrogen and oxygen atoms in total. The second-order valence-corrected chi connectivity index (χ2v) is 3.70.